The maximum absolute atomic E-state index is 13.6. The quantitative estimate of drug-likeness (QED) is 0.358. The third-order valence-electron chi connectivity index (χ3n) is 4.77. The predicted octanol–water partition coefficient (Wildman–Crippen LogP) is 6.26. The molecule has 0 saturated heterocycles. The molecule has 0 N–H and O–H groups in total. The van der Waals surface area contributed by atoms with Crippen molar-refractivity contribution >= 4 is 14.0 Å². The zero-order valence-corrected chi connectivity index (χ0v) is 19.2. The second-order valence-electron chi connectivity index (χ2n) is 8.62. The molecule has 1 atom stereocenters. The number of hydrogen-bond acceptors (Lipinski definition) is 1. The van der Waals surface area contributed by atoms with Gasteiger partial charge in [0, 0.05) is 12.1 Å². The van der Waals surface area contributed by atoms with Crippen molar-refractivity contribution in [3.05, 3.63) is 107 Å². The fourth-order valence-corrected chi connectivity index (χ4v) is 3.75. The molecule has 2 nitrogen and oxygen atoms in total. The van der Waals surface area contributed by atoms with E-state index in [1.165, 1.54) is 5.56 Å². The number of carbonyl (C=O) groups excluding carboxylic acids is 1. The monoisotopic (exact) mass is 411 g/mol. The minimum atomic E-state index is -1.61. The van der Waals surface area contributed by atoms with Gasteiger partial charge in [-0.2, -0.15) is 0 Å². The van der Waals surface area contributed by atoms with E-state index in [9.17, 15) is 4.79 Å². The van der Waals surface area contributed by atoms with Gasteiger partial charge in [-0.15, -0.1) is 5.54 Å². The van der Waals surface area contributed by atoms with E-state index in [2.05, 4.69) is 74.4 Å². The first-order valence-corrected chi connectivity index (χ1v) is 13.8. The van der Waals surface area contributed by atoms with Crippen LogP contribution >= 0.6 is 0 Å². The van der Waals surface area contributed by atoms with Gasteiger partial charge in [0.2, 0.25) is 0 Å². The fourth-order valence-electron chi connectivity index (χ4n) is 3.18. The van der Waals surface area contributed by atoms with Crippen LogP contribution in [0.3, 0.4) is 0 Å². The largest absolute Gasteiger partial charge is 0.316 e. The highest BCUT2D eigenvalue weighted by Crippen LogP contribution is 2.25. The van der Waals surface area contributed by atoms with Gasteiger partial charge in [0.1, 0.15) is 14.1 Å². The van der Waals surface area contributed by atoms with Gasteiger partial charge in [-0.05, 0) is 30.2 Å². The molecule has 3 heteroatoms. The summed E-state index contributed by atoms with van der Waals surface area (Å²) >= 11 is 0. The van der Waals surface area contributed by atoms with Crippen LogP contribution in [0.2, 0.25) is 19.6 Å². The van der Waals surface area contributed by atoms with E-state index in [-0.39, 0.29) is 11.9 Å². The first kappa shape index (κ1) is 21.6. The molecule has 0 aliphatic carbocycles. The van der Waals surface area contributed by atoms with Crippen molar-refractivity contribution in [2.24, 2.45) is 0 Å². The maximum Gasteiger partial charge on any atom is 0.255 e. The van der Waals surface area contributed by atoms with Crippen molar-refractivity contribution in [3.63, 3.8) is 0 Å². The molecule has 0 aliphatic rings. The van der Waals surface area contributed by atoms with Gasteiger partial charge in [-0.25, -0.2) is 0 Å². The van der Waals surface area contributed by atoms with Crippen molar-refractivity contribution in [1.29, 1.82) is 0 Å². The highest BCUT2D eigenvalue weighted by atomic mass is 28.3. The molecule has 0 saturated carbocycles. The molecule has 0 aromatic heterocycles. The van der Waals surface area contributed by atoms with Gasteiger partial charge >= 0.3 is 0 Å². The van der Waals surface area contributed by atoms with Gasteiger partial charge in [-0.1, -0.05) is 104 Å². The summed E-state index contributed by atoms with van der Waals surface area (Å²) in [5.74, 6) is 3.48. The second-order valence-corrected chi connectivity index (χ2v) is 13.4. The average molecular weight is 412 g/mol. The van der Waals surface area contributed by atoms with Crippen LogP contribution in [-0.2, 0) is 6.54 Å². The van der Waals surface area contributed by atoms with E-state index in [4.69, 9.17) is 0 Å². The fraction of sp³-hybridized carbons (Fsp3) is 0.222. The first-order chi connectivity index (χ1) is 14.3. The molecule has 3 rings (SSSR count). The van der Waals surface area contributed by atoms with E-state index in [0.717, 1.165) is 11.1 Å². The Hall–Kier alpha value is -3.09. The zero-order chi connectivity index (χ0) is 21.6. The molecule has 0 fully saturated rings. The second kappa shape index (κ2) is 9.60. The van der Waals surface area contributed by atoms with Crippen molar-refractivity contribution < 1.29 is 4.79 Å². The molecule has 3 aromatic carbocycles. The van der Waals surface area contributed by atoms with Crippen molar-refractivity contribution in [3.8, 4) is 11.5 Å². The highest BCUT2D eigenvalue weighted by molar-refractivity contribution is 6.83. The van der Waals surface area contributed by atoms with E-state index < -0.39 is 8.07 Å². The molecule has 0 heterocycles. The van der Waals surface area contributed by atoms with Gasteiger partial charge < -0.3 is 4.90 Å². The molecular weight excluding hydrogens is 382 g/mol. The van der Waals surface area contributed by atoms with Crippen LogP contribution in [-0.4, -0.2) is 18.9 Å². The Morgan fingerprint density at radius 3 is 2.00 bits per heavy atom. The predicted molar refractivity (Wildman–Crippen MR) is 128 cm³/mol. The SMILES string of the molecule is Cc1ccc(C(C#C[Si](C)(C)C)N(Cc2ccccc2)C(=O)c2ccccc2)cc1. The molecule has 1 amide bonds. The van der Waals surface area contributed by atoms with Crippen LogP contribution in [0.15, 0.2) is 84.9 Å². The Balaban J connectivity index is 2.10. The number of benzene rings is 3. The average Bonchev–Trinajstić information content (AvgIpc) is 2.74. The molecular formula is C27H29NOSi. The minimum absolute atomic E-state index is 0.00472. The Bertz CT molecular complexity index is 1030. The highest BCUT2D eigenvalue weighted by Gasteiger charge is 2.25. The van der Waals surface area contributed by atoms with Crippen LogP contribution in [0.25, 0.3) is 0 Å². The molecule has 152 valence electrons. The molecule has 0 spiro atoms. The lowest BCUT2D eigenvalue weighted by atomic mass is 10.0. The third kappa shape index (κ3) is 5.95. The van der Waals surface area contributed by atoms with Crippen molar-refractivity contribution in [2.75, 3.05) is 0 Å². The zero-order valence-electron chi connectivity index (χ0n) is 18.2. The molecule has 0 bridgehead atoms. The van der Waals surface area contributed by atoms with Crippen LogP contribution in [0, 0.1) is 18.4 Å². The lowest BCUT2D eigenvalue weighted by molar-refractivity contribution is 0.0703. The Labute approximate surface area is 181 Å². The van der Waals surface area contributed by atoms with E-state index >= 15 is 0 Å². The van der Waals surface area contributed by atoms with Crippen LogP contribution in [0.5, 0.6) is 0 Å². The smallest absolute Gasteiger partial charge is 0.255 e. The van der Waals surface area contributed by atoms with E-state index in [1.807, 2.05) is 53.4 Å². The maximum atomic E-state index is 13.6. The summed E-state index contributed by atoms with van der Waals surface area (Å²) < 4.78 is 0. The first-order valence-electron chi connectivity index (χ1n) is 10.3. The Morgan fingerprint density at radius 1 is 0.867 bits per heavy atom. The number of carbonyl (C=O) groups is 1. The standard InChI is InChI=1S/C27H29NOSi/c1-22-15-17-24(18-16-22)26(19-20-30(2,3)4)28(21-23-11-7-5-8-12-23)27(29)25-13-9-6-10-14-25/h5-18,26H,21H2,1-4H3. The molecule has 30 heavy (non-hydrogen) atoms. The molecule has 3 aromatic rings. The van der Waals surface area contributed by atoms with Gasteiger partial charge in [0.05, 0.1) is 0 Å². The topological polar surface area (TPSA) is 20.3 Å². The summed E-state index contributed by atoms with van der Waals surface area (Å²) in [7, 11) is -1.61. The van der Waals surface area contributed by atoms with Gasteiger partial charge in [0.15, 0.2) is 0 Å². The molecule has 0 aliphatic heterocycles. The Kier molecular flexibility index (Phi) is 6.92. The number of amides is 1. The lowest BCUT2D eigenvalue weighted by Gasteiger charge is -2.30. The molecule has 0 radical (unpaired) electrons. The van der Waals surface area contributed by atoms with Crippen LogP contribution in [0.4, 0.5) is 0 Å². The normalized spacial score (nSPS) is 11.9. The summed E-state index contributed by atoms with van der Waals surface area (Å²) in [5.41, 5.74) is 7.52. The third-order valence-corrected chi connectivity index (χ3v) is 5.66. The summed E-state index contributed by atoms with van der Waals surface area (Å²) in [4.78, 5) is 15.5. The van der Waals surface area contributed by atoms with Crippen molar-refractivity contribution in [1.82, 2.24) is 4.90 Å². The Morgan fingerprint density at radius 2 is 1.43 bits per heavy atom. The van der Waals surface area contributed by atoms with Crippen LogP contribution in [0.1, 0.15) is 33.1 Å². The summed E-state index contributed by atoms with van der Waals surface area (Å²) in [5, 5.41) is 0. The van der Waals surface area contributed by atoms with E-state index in [1.54, 1.807) is 0 Å². The van der Waals surface area contributed by atoms with Crippen LogP contribution < -0.4 is 0 Å². The van der Waals surface area contributed by atoms with E-state index in [0.29, 0.717) is 12.1 Å². The number of nitrogens with zero attached hydrogens (tertiary/aromatic N) is 1. The number of hydrogen-bond donors (Lipinski definition) is 0. The van der Waals surface area contributed by atoms with Gasteiger partial charge in [-0.3, -0.25) is 4.79 Å². The number of aryl methyl sites for hydroxylation is 1. The lowest BCUT2D eigenvalue weighted by Crippen LogP contribution is -2.34. The minimum Gasteiger partial charge on any atom is -0.316 e. The van der Waals surface area contributed by atoms with Crippen molar-refractivity contribution in [2.45, 2.75) is 39.2 Å². The number of rotatable bonds is 5. The summed E-state index contributed by atoms with van der Waals surface area (Å²) in [6.45, 7) is 9.27. The summed E-state index contributed by atoms with van der Waals surface area (Å²) in [6, 6.07) is 27.7. The van der Waals surface area contributed by atoms with Gasteiger partial charge in [0.25, 0.3) is 5.91 Å². The summed E-state index contributed by atoms with van der Waals surface area (Å²) in [6.07, 6.45) is 0. The molecule has 1 unspecified atom stereocenters.